The van der Waals surface area contributed by atoms with Crippen LogP contribution in [0, 0.1) is 27.7 Å². The Labute approximate surface area is 236 Å². The molecule has 0 spiro atoms. The summed E-state index contributed by atoms with van der Waals surface area (Å²) in [6, 6.07) is 37.9. The molecule has 3 heteroatoms. The molecule has 0 amide bonds. The molecule has 0 bridgehead atoms. The molecule has 0 aliphatic rings. The van der Waals surface area contributed by atoms with Crippen molar-refractivity contribution in [2.45, 2.75) is 27.7 Å². The number of benzene rings is 3. The van der Waals surface area contributed by atoms with Gasteiger partial charge in [-0.25, -0.2) is 9.97 Å². The standard InChI is InChI=1S/C37H31N3/c1-24-20-25(2)32(23-31(24)34-16-8-9-19-38-34)35-18-11-17-33(39-35)29-14-10-15-30(22-29)37-27(4)21-26(3)36(40-37)28-12-6-5-7-13-28/h5-23H,1-4H3. The molecule has 0 radical (unpaired) electrons. The summed E-state index contributed by atoms with van der Waals surface area (Å²) in [7, 11) is 0. The quantitative estimate of drug-likeness (QED) is 0.229. The first kappa shape index (κ1) is 25.4. The number of pyridine rings is 3. The highest BCUT2D eigenvalue weighted by Gasteiger charge is 2.14. The Morgan fingerprint density at radius 3 is 1.73 bits per heavy atom. The third-order valence-corrected chi connectivity index (χ3v) is 7.42. The van der Waals surface area contributed by atoms with Gasteiger partial charge >= 0.3 is 0 Å². The van der Waals surface area contributed by atoms with E-state index in [2.05, 4.69) is 124 Å². The van der Waals surface area contributed by atoms with E-state index < -0.39 is 0 Å². The molecule has 6 aromatic rings. The van der Waals surface area contributed by atoms with Crippen molar-refractivity contribution >= 4 is 0 Å². The average molecular weight is 518 g/mol. The lowest BCUT2D eigenvalue weighted by atomic mass is 9.95. The van der Waals surface area contributed by atoms with Crippen LogP contribution in [0.25, 0.3) is 56.3 Å². The Hall–Kier alpha value is -4.89. The second-order valence-electron chi connectivity index (χ2n) is 10.4. The van der Waals surface area contributed by atoms with Gasteiger partial charge in [0, 0.05) is 34.0 Å². The van der Waals surface area contributed by atoms with E-state index in [9.17, 15) is 0 Å². The second kappa shape index (κ2) is 10.7. The number of aryl methyl sites for hydroxylation is 4. The van der Waals surface area contributed by atoms with Crippen LogP contribution < -0.4 is 0 Å². The maximum Gasteiger partial charge on any atom is 0.0739 e. The Morgan fingerprint density at radius 1 is 0.400 bits per heavy atom. The van der Waals surface area contributed by atoms with Gasteiger partial charge in [-0.3, -0.25) is 4.98 Å². The summed E-state index contributed by atoms with van der Waals surface area (Å²) < 4.78 is 0. The topological polar surface area (TPSA) is 38.7 Å². The molecule has 0 atom stereocenters. The van der Waals surface area contributed by atoms with E-state index in [-0.39, 0.29) is 0 Å². The molecule has 0 N–H and O–H groups in total. The molecule has 3 aromatic carbocycles. The highest BCUT2D eigenvalue weighted by molar-refractivity contribution is 5.78. The maximum atomic E-state index is 5.14. The lowest BCUT2D eigenvalue weighted by molar-refractivity contribution is 1.22. The first-order valence-corrected chi connectivity index (χ1v) is 13.6. The molecular formula is C37H31N3. The van der Waals surface area contributed by atoms with Gasteiger partial charge in [-0.1, -0.05) is 72.8 Å². The fraction of sp³-hybridized carbons (Fsp3) is 0.108. The van der Waals surface area contributed by atoms with Crippen LogP contribution in [-0.2, 0) is 0 Å². The number of nitrogens with zero attached hydrogens (tertiary/aromatic N) is 3. The van der Waals surface area contributed by atoms with E-state index in [1.165, 1.54) is 16.7 Å². The highest BCUT2D eigenvalue weighted by atomic mass is 14.7. The van der Waals surface area contributed by atoms with Gasteiger partial charge in [0.15, 0.2) is 0 Å². The van der Waals surface area contributed by atoms with E-state index in [1.807, 2.05) is 24.4 Å². The van der Waals surface area contributed by atoms with Gasteiger partial charge in [0.05, 0.1) is 28.5 Å². The maximum absolute atomic E-state index is 5.14. The minimum atomic E-state index is 0.937. The molecule has 3 aromatic heterocycles. The summed E-state index contributed by atoms with van der Waals surface area (Å²) in [5.74, 6) is 0. The van der Waals surface area contributed by atoms with Gasteiger partial charge in [0.1, 0.15) is 0 Å². The van der Waals surface area contributed by atoms with Crippen LogP contribution >= 0.6 is 0 Å². The summed E-state index contributed by atoms with van der Waals surface area (Å²) in [5, 5.41) is 0. The first-order valence-electron chi connectivity index (χ1n) is 13.6. The molecule has 3 nitrogen and oxygen atoms in total. The molecule has 0 unspecified atom stereocenters. The Balaban J connectivity index is 1.40. The van der Waals surface area contributed by atoms with Crippen molar-refractivity contribution in [3.05, 3.63) is 138 Å². The predicted octanol–water partition coefficient (Wildman–Crippen LogP) is 9.44. The average Bonchev–Trinajstić information content (AvgIpc) is 2.98. The van der Waals surface area contributed by atoms with Crippen molar-refractivity contribution in [3.63, 3.8) is 0 Å². The van der Waals surface area contributed by atoms with Gasteiger partial charge in [0.2, 0.25) is 0 Å². The van der Waals surface area contributed by atoms with Crippen LogP contribution in [0.15, 0.2) is 115 Å². The second-order valence-corrected chi connectivity index (χ2v) is 10.4. The zero-order valence-corrected chi connectivity index (χ0v) is 23.3. The van der Waals surface area contributed by atoms with Gasteiger partial charge in [0.25, 0.3) is 0 Å². The van der Waals surface area contributed by atoms with E-state index in [1.54, 1.807) is 0 Å². The molecule has 194 valence electrons. The fourth-order valence-corrected chi connectivity index (χ4v) is 5.43. The van der Waals surface area contributed by atoms with Crippen LogP contribution in [0.1, 0.15) is 22.3 Å². The highest BCUT2D eigenvalue weighted by Crippen LogP contribution is 2.34. The number of hydrogen-bond donors (Lipinski definition) is 0. The van der Waals surface area contributed by atoms with Crippen LogP contribution in [-0.4, -0.2) is 15.0 Å². The molecule has 0 saturated carbocycles. The van der Waals surface area contributed by atoms with Crippen LogP contribution in [0.5, 0.6) is 0 Å². The van der Waals surface area contributed by atoms with E-state index in [4.69, 9.17) is 9.97 Å². The van der Waals surface area contributed by atoms with E-state index >= 15 is 0 Å². The summed E-state index contributed by atoms with van der Waals surface area (Å²) in [4.78, 5) is 14.9. The third kappa shape index (κ3) is 4.94. The van der Waals surface area contributed by atoms with Crippen molar-refractivity contribution < 1.29 is 0 Å². The molecule has 0 aliphatic carbocycles. The lowest BCUT2D eigenvalue weighted by Crippen LogP contribution is -1.96. The lowest BCUT2D eigenvalue weighted by Gasteiger charge is -2.14. The molecule has 3 heterocycles. The Bertz CT molecular complexity index is 1690. The molecule has 0 saturated heterocycles. The smallest absolute Gasteiger partial charge is 0.0739 e. The van der Waals surface area contributed by atoms with E-state index in [0.29, 0.717) is 0 Å². The van der Waals surface area contributed by atoms with Crippen molar-refractivity contribution in [2.24, 2.45) is 0 Å². The molecule has 0 fully saturated rings. The van der Waals surface area contributed by atoms with Crippen molar-refractivity contribution in [3.8, 4) is 56.3 Å². The molecular weight excluding hydrogens is 486 g/mol. The number of aromatic nitrogens is 3. The summed E-state index contributed by atoms with van der Waals surface area (Å²) in [6.07, 6.45) is 1.84. The van der Waals surface area contributed by atoms with Crippen LogP contribution in [0.4, 0.5) is 0 Å². The minimum absolute atomic E-state index is 0.937. The van der Waals surface area contributed by atoms with Gasteiger partial charge in [-0.05, 0) is 86.3 Å². The predicted molar refractivity (Wildman–Crippen MR) is 166 cm³/mol. The van der Waals surface area contributed by atoms with Crippen molar-refractivity contribution in [1.29, 1.82) is 0 Å². The van der Waals surface area contributed by atoms with Crippen LogP contribution in [0.3, 0.4) is 0 Å². The largest absolute Gasteiger partial charge is 0.256 e. The summed E-state index contributed by atoms with van der Waals surface area (Å²) in [5.41, 5.74) is 15.2. The number of hydrogen-bond acceptors (Lipinski definition) is 3. The molecule has 40 heavy (non-hydrogen) atoms. The van der Waals surface area contributed by atoms with Gasteiger partial charge in [-0.15, -0.1) is 0 Å². The number of rotatable bonds is 5. The van der Waals surface area contributed by atoms with Gasteiger partial charge in [-0.2, -0.15) is 0 Å². The Morgan fingerprint density at radius 2 is 0.975 bits per heavy atom. The monoisotopic (exact) mass is 517 g/mol. The molecule has 6 rings (SSSR count). The zero-order valence-electron chi connectivity index (χ0n) is 23.3. The van der Waals surface area contributed by atoms with Gasteiger partial charge < -0.3 is 0 Å². The van der Waals surface area contributed by atoms with Crippen molar-refractivity contribution in [2.75, 3.05) is 0 Å². The zero-order chi connectivity index (χ0) is 27.6. The third-order valence-electron chi connectivity index (χ3n) is 7.42. The summed E-state index contributed by atoms with van der Waals surface area (Å²) >= 11 is 0. The summed E-state index contributed by atoms with van der Waals surface area (Å²) in [6.45, 7) is 8.55. The van der Waals surface area contributed by atoms with Crippen LogP contribution in [0.2, 0.25) is 0 Å². The normalized spacial score (nSPS) is 11.0. The SMILES string of the molecule is Cc1cc(C)c(-c2cccc(-c3cccc(-c4nc(-c5ccccc5)c(C)cc4C)c3)n2)cc1-c1ccccn1. The van der Waals surface area contributed by atoms with Crippen molar-refractivity contribution in [1.82, 2.24) is 15.0 Å². The fourth-order valence-electron chi connectivity index (χ4n) is 5.43. The van der Waals surface area contributed by atoms with E-state index in [0.717, 1.165) is 61.9 Å². The molecule has 0 aliphatic heterocycles. The Kier molecular flexibility index (Phi) is 6.79. The minimum Gasteiger partial charge on any atom is -0.256 e. The first-order chi connectivity index (χ1) is 19.5.